The molecule has 3 aromatic rings. The Hall–Kier alpha value is -3.04. The fraction of sp³-hybridized carbons (Fsp3) is 0.241. The first-order valence-corrected chi connectivity index (χ1v) is 14.2. The van der Waals surface area contributed by atoms with Crippen molar-refractivity contribution in [3.8, 4) is 11.5 Å². The van der Waals surface area contributed by atoms with E-state index in [1.165, 1.54) is 11.1 Å². The smallest absolute Gasteiger partial charge is 0.135 e. The van der Waals surface area contributed by atoms with Gasteiger partial charge in [0.2, 0.25) is 0 Å². The van der Waals surface area contributed by atoms with Crippen LogP contribution in [0.5, 0.6) is 11.5 Å². The minimum atomic E-state index is -1.78. The Morgan fingerprint density at radius 1 is 0.781 bits per heavy atom. The molecular weight excluding hydrogens is 408 g/mol. The molecule has 0 radical (unpaired) electrons. The molecule has 2 nitrogen and oxygen atoms in total. The molecule has 3 aromatic carbocycles. The van der Waals surface area contributed by atoms with Crippen molar-refractivity contribution in [1.29, 1.82) is 0 Å². The van der Waals surface area contributed by atoms with Crippen LogP contribution in [0.25, 0.3) is 11.1 Å². The Bertz CT molecular complexity index is 1170. The average Bonchev–Trinajstić information content (AvgIpc) is 2.78. The highest BCUT2D eigenvalue weighted by molar-refractivity contribution is 6.85. The maximum absolute atomic E-state index is 6.66. The number of hydrogen-bond acceptors (Lipinski definition) is 2. The van der Waals surface area contributed by atoms with Crippen LogP contribution in [-0.4, -0.2) is 15.2 Å². The molecule has 0 atom stereocenters. The standard InChI is InChI=1S/C29H32O2Si/c1-29(2,3)32(5,6)20-26-28(22-15-11-8-12-16-22)27(21-13-9-7-10-14-21)24-19-23(30-4)17-18-25(24)31-26/h7-20H,1-6H3/b26-20-. The highest BCUT2D eigenvalue weighted by atomic mass is 28.3. The van der Waals surface area contributed by atoms with Gasteiger partial charge in [-0.05, 0) is 34.4 Å². The van der Waals surface area contributed by atoms with Gasteiger partial charge in [-0.3, -0.25) is 0 Å². The fourth-order valence-electron chi connectivity index (χ4n) is 3.79. The van der Waals surface area contributed by atoms with Crippen LogP contribution in [0, 0.1) is 0 Å². The van der Waals surface area contributed by atoms with Crippen molar-refractivity contribution >= 4 is 19.2 Å². The molecule has 0 bridgehead atoms. The zero-order chi connectivity index (χ0) is 22.9. The first kappa shape index (κ1) is 22.2. The second-order valence-electron chi connectivity index (χ2n) is 9.93. The van der Waals surface area contributed by atoms with E-state index in [1.54, 1.807) is 7.11 Å². The van der Waals surface area contributed by atoms with Gasteiger partial charge in [0.25, 0.3) is 0 Å². The molecule has 0 fully saturated rings. The number of hydrogen-bond donors (Lipinski definition) is 0. The zero-order valence-electron chi connectivity index (χ0n) is 19.9. The normalized spacial score (nSPS) is 15.4. The van der Waals surface area contributed by atoms with Gasteiger partial charge in [0.05, 0.1) is 15.2 Å². The summed E-state index contributed by atoms with van der Waals surface area (Å²) in [5.41, 5.74) is 8.15. The largest absolute Gasteiger partial charge is 0.497 e. The number of allylic oxidation sites excluding steroid dienone is 1. The minimum Gasteiger partial charge on any atom is -0.497 e. The van der Waals surface area contributed by atoms with Crippen molar-refractivity contribution in [3.63, 3.8) is 0 Å². The van der Waals surface area contributed by atoms with Gasteiger partial charge in [0, 0.05) is 16.7 Å². The minimum absolute atomic E-state index is 0.207. The van der Waals surface area contributed by atoms with Crippen LogP contribution in [-0.2, 0) is 0 Å². The van der Waals surface area contributed by atoms with Gasteiger partial charge in [0.15, 0.2) is 0 Å². The molecule has 32 heavy (non-hydrogen) atoms. The van der Waals surface area contributed by atoms with E-state index in [0.717, 1.165) is 34.0 Å². The molecule has 0 N–H and O–H groups in total. The summed E-state index contributed by atoms with van der Waals surface area (Å²) < 4.78 is 12.2. The molecule has 0 aliphatic carbocycles. The van der Waals surface area contributed by atoms with Gasteiger partial charge in [-0.1, -0.05) is 100 Å². The molecular formula is C29H32O2Si. The van der Waals surface area contributed by atoms with Crippen LogP contribution in [0.1, 0.15) is 37.5 Å². The van der Waals surface area contributed by atoms with Crippen molar-refractivity contribution < 1.29 is 9.47 Å². The highest BCUT2D eigenvalue weighted by Crippen LogP contribution is 2.48. The third-order valence-corrected chi connectivity index (χ3v) is 11.6. The van der Waals surface area contributed by atoms with E-state index in [-0.39, 0.29) is 5.04 Å². The van der Waals surface area contributed by atoms with E-state index in [4.69, 9.17) is 9.47 Å². The van der Waals surface area contributed by atoms with Crippen LogP contribution in [0.15, 0.2) is 90.3 Å². The third-order valence-electron chi connectivity index (χ3n) is 6.72. The first-order valence-electron chi connectivity index (χ1n) is 11.2. The molecule has 1 heterocycles. The summed E-state index contributed by atoms with van der Waals surface area (Å²) in [6.07, 6.45) is 0. The van der Waals surface area contributed by atoms with Crippen molar-refractivity contribution in [1.82, 2.24) is 0 Å². The Morgan fingerprint density at radius 2 is 1.34 bits per heavy atom. The summed E-state index contributed by atoms with van der Waals surface area (Å²) in [7, 11) is -0.0759. The number of methoxy groups -OCH3 is 1. The Morgan fingerprint density at radius 3 is 1.88 bits per heavy atom. The summed E-state index contributed by atoms with van der Waals surface area (Å²) in [5, 5.41) is 0.207. The zero-order valence-corrected chi connectivity index (χ0v) is 20.9. The topological polar surface area (TPSA) is 18.5 Å². The maximum atomic E-state index is 6.66. The fourth-order valence-corrected chi connectivity index (χ4v) is 5.08. The predicted molar refractivity (Wildman–Crippen MR) is 138 cm³/mol. The molecule has 0 unspecified atom stereocenters. The first-order chi connectivity index (χ1) is 15.2. The van der Waals surface area contributed by atoms with Crippen LogP contribution >= 0.6 is 0 Å². The van der Waals surface area contributed by atoms with Gasteiger partial charge >= 0.3 is 0 Å². The van der Waals surface area contributed by atoms with Crippen LogP contribution in [0.4, 0.5) is 0 Å². The number of rotatable bonds is 4. The lowest BCUT2D eigenvalue weighted by Gasteiger charge is -2.36. The van der Waals surface area contributed by atoms with Crippen LogP contribution in [0.3, 0.4) is 0 Å². The lowest BCUT2D eigenvalue weighted by atomic mass is 9.86. The van der Waals surface area contributed by atoms with Gasteiger partial charge in [0.1, 0.15) is 17.3 Å². The van der Waals surface area contributed by atoms with Crippen molar-refractivity contribution in [3.05, 3.63) is 107 Å². The molecule has 0 spiro atoms. The predicted octanol–water partition coefficient (Wildman–Crippen LogP) is 7.98. The van der Waals surface area contributed by atoms with Crippen LogP contribution < -0.4 is 9.47 Å². The lowest BCUT2D eigenvalue weighted by Crippen LogP contribution is -2.36. The molecule has 164 valence electrons. The highest BCUT2D eigenvalue weighted by Gasteiger charge is 2.36. The lowest BCUT2D eigenvalue weighted by molar-refractivity contribution is 0.410. The summed E-state index contributed by atoms with van der Waals surface area (Å²) in [4.78, 5) is 0. The van der Waals surface area contributed by atoms with Gasteiger partial charge in [-0.15, -0.1) is 0 Å². The van der Waals surface area contributed by atoms with E-state index in [1.807, 2.05) is 12.1 Å². The van der Waals surface area contributed by atoms with E-state index in [9.17, 15) is 0 Å². The number of fused-ring (bicyclic) bond motifs is 1. The Labute approximate surface area is 193 Å². The van der Waals surface area contributed by atoms with E-state index in [0.29, 0.717) is 0 Å². The summed E-state index contributed by atoms with van der Waals surface area (Å²) >= 11 is 0. The van der Waals surface area contributed by atoms with E-state index in [2.05, 4.69) is 106 Å². The summed E-state index contributed by atoms with van der Waals surface area (Å²) in [5.74, 6) is 2.65. The van der Waals surface area contributed by atoms with E-state index < -0.39 is 8.07 Å². The molecule has 3 heteroatoms. The van der Waals surface area contributed by atoms with Gasteiger partial charge in [-0.2, -0.15) is 0 Å². The van der Waals surface area contributed by atoms with Crippen molar-refractivity contribution in [2.75, 3.05) is 7.11 Å². The van der Waals surface area contributed by atoms with Gasteiger partial charge < -0.3 is 9.47 Å². The Kier molecular flexibility index (Phi) is 5.87. The second-order valence-corrected chi connectivity index (χ2v) is 15.2. The molecule has 4 rings (SSSR count). The van der Waals surface area contributed by atoms with Crippen molar-refractivity contribution in [2.24, 2.45) is 0 Å². The van der Waals surface area contributed by atoms with E-state index >= 15 is 0 Å². The number of ether oxygens (including phenoxy) is 2. The SMILES string of the molecule is COc1ccc2c(c1)C(c1ccccc1)=C(c1ccccc1)/C(=C/[Si](C)(C)C(C)(C)C)O2. The summed E-state index contributed by atoms with van der Waals surface area (Å²) in [6, 6.07) is 27.3. The molecule has 0 amide bonds. The quantitative estimate of drug-likeness (QED) is 0.383. The number of benzene rings is 3. The Balaban J connectivity index is 2.09. The molecule has 1 aliphatic heterocycles. The third kappa shape index (κ3) is 4.17. The van der Waals surface area contributed by atoms with Crippen molar-refractivity contribution in [2.45, 2.75) is 38.9 Å². The molecule has 1 aliphatic rings. The average molecular weight is 441 g/mol. The molecule has 0 saturated heterocycles. The molecule has 0 saturated carbocycles. The van der Waals surface area contributed by atoms with Crippen LogP contribution in [0.2, 0.25) is 18.1 Å². The maximum Gasteiger partial charge on any atom is 0.135 e. The molecule has 0 aromatic heterocycles. The second kappa shape index (κ2) is 8.48. The monoisotopic (exact) mass is 440 g/mol. The van der Waals surface area contributed by atoms with Gasteiger partial charge in [-0.25, -0.2) is 0 Å². The summed E-state index contributed by atoms with van der Waals surface area (Å²) in [6.45, 7) is 11.8.